The minimum Gasteiger partial charge on any atom is -0.305 e. The number of fused-ring (bicyclic) bond motifs is 2. The summed E-state index contributed by atoms with van der Waals surface area (Å²) < 4.78 is 0. The van der Waals surface area contributed by atoms with E-state index in [2.05, 4.69) is 69.1 Å². The standard InChI is InChI=1S/C26H30N4/c1-5-21-7-3-15-27-25(21)23(9-1)29-17-19-11-13-20(14-12-19)18-30-24-10-2-6-22-8-4-16-28-26(22)24/h3-4,7-8,11-16,23-24,29-30H,1-2,5-6,9-10,17-18H2. The third-order valence-corrected chi connectivity index (χ3v) is 6.52. The molecule has 30 heavy (non-hydrogen) atoms. The van der Waals surface area contributed by atoms with E-state index in [9.17, 15) is 0 Å². The smallest absolute Gasteiger partial charge is 0.0605 e. The van der Waals surface area contributed by atoms with Gasteiger partial charge in [0, 0.05) is 25.5 Å². The fourth-order valence-corrected chi connectivity index (χ4v) is 4.87. The van der Waals surface area contributed by atoms with E-state index in [1.54, 1.807) is 0 Å². The molecule has 0 aliphatic heterocycles. The van der Waals surface area contributed by atoms with Crippen molar-refractivity contribution in [1.29, 1.82) is 0 Å². The van der Waals surface area contributed by atoms with Gasteiger partial charge in [0.15, 0.2) is 0 Å². The third kappa shape index (κ3) is 4.30. The molecule has 5 rings (SSSR count). The van der Waals surface area contributed by atoms with Crippen molar-refractivity contribution in [3.63, 3.8) is 0 Å². The Morgan fingerprint density at radius 1 is 0.667 bits per heavy atom. The van der Waals surface area contributed by atoms with Crippen LogP contribution >= 0.6 is 0 Å². The lowest BCUT2D eigenvalue weighted by Crippen LogP contribution is -2.26. The number of hydrogen-bond donors (Lipinski definition) is 2. The second-order valence-corrected chi connectivity index (χ2v) is 8.56. The Morgan fingerprint density at radius 3 is 1.60 bits per heavy atom. The molecule has 2 aliphatic carbocycles. The van der Waals surface area contributed by atoms with Crippen molar-refractivity contribution < 1.29 is 0 Å². The van der Waals surface area contributed by atoms with Crippen molar-refractivity contribution >= 4 is 0 Å². The summed E-state index contributed by atoms with van der Waals surface area (Å²) in [6, 6.07) is 18.3. The van der Waals surface area contributed by atoms with Gasteiger partial charge in [0.2, 0.25) is 0 Å². The summed E-state index contributed by atoms with van der Waals surface area (Å²) in [6.07, 6.45) is 11.0. The molecule has 4 nitrogen and oxygen atoms in total. The quantitative estimate of drug-likeness (QED) is 0.626. The number of nitrogens with one attached hydrogen (secondary N) is 2. The van der Waals surface area contributed by atoms with Gasteiger partial charge in [-0.2, -0.15) is 0 Å². The summed E-state index contributed by atoms with van der Waals surface area (Å²) >= 11 is 0. The highest BCUT2D eigenvalue weighted by Gasteiger charge is 2.21. The van der Waals surface area contributed by atoms with Crippen LogP contribution in [0.25, 0.3) is 0 Å². The van der Waals surface area contributed by atoms with Gasteiger partial charge in [-0.15, -0.1) is 0 Å². The lowest BCUT2D eigenvalue weighted by Gasteiger charge is -2.25. The van der Waals surface area contributed by atoms with E-state index in [0.717, 1.165) is 25.9 Å². The Kier molecular flexibility index (Phi) is 5.87. The lowest BCUT2D eigenvalue weighted by molar-refractivity contribution is 0.446. The highest BCUT2D eigenvalue weighted by Crippen LogP contribution is 2.29. The Balaban J connectivity index is 1.16. The van der Waals surface area contributed by atoms with Gasteiger partial charge in [-0.25, -0.2) is 0 Å². The normalized spacial score (nSPS) is 20.4. The number of benzene rings is 1. The maximum absolute atomic E-state index is 4.64. The maximum atomic E-state index is 4.64. The first-order chi connectivity index (χ1) is 14.9. The Hall–Kier alpha value is -2.56. The molecule has 0 radical (unpaired) electrons. The molecule has 0 amide bonds. The van der Waals surface area contributed by atoms with Crippen molar-refractivity contribution in [1.82, 2.24) is 20.6 Å². The van der Waals surface area contributed by atoms with Crippen molar-refractivity contribution in [2.45, 2.75) is 63.7 Å². The number of aryl methyl sites for hydroxylation is 2. The van der Waals surface area contributed by atoms with Gasteiger partial charge < -0.3 is 10.6 Å². The van der Waals surface area contributed by atoms with Crippen molar-refractivity contribution in [3.05, 3.63) is 94.6 Å². The molecule has 0 saturated carbocycles. The summed E-state index contributed by atoms with van der Waals surface area (Å²) in [6.45, 7) is 1.77. The van der Waals surface area contributed by atoms with Crippen molar-refractivity contribution in [2.24, 2.45) is 0 Å². The highest BCUT2D eigenvalue weighted by molar-refractivity contribution is 5.28. The first-order valence-corrected chi connectivity index (χ1v) is 11.3. The van der Waals surface area contributed by atoms with Crippen LogP contribution in [0.4, 0.5) is 0 Å². The SMILES string of the molecule is c1cnc2c(c1)CCCC2NCc1ccc(CNC2CCCc3cccnc32)cc1. The zero-order chi connectivity index (χ0) is 20.2. The molecule has 2 N–H and O–H groups in total. The zero-order valence-electron chi connectivity index (χ0n) is 17.5. The molecule has 2 aliphatic rings. The zero-order valence-corrected chi connectivity index (χ0v) is 17.5. The van der Waals surface area contributed by atoms with Crippen LogP contribution in [0.3, 0.4) is 0 Å². The van der Waals surface area contributed by atoms with Crippen LogP contribution in [0, 0.1) is 0 Å². The molecule has 0 fully saturated rings. The number of rotatable bonds is 6. The average molecular weight is 399 g/mol. The monoisotopic (exact) mass is 398 g/mol. The maximum Gasteiger partial charge on any atom is 0.0605 e. The third-order valence-electron chi connectivity index (χ3n) is 6.52. The minimum atomic E-state index is 0.371. The molecule has 2 unspecified atom stereocenters. The van der Waals surface area contributed by atoms with Gasteiger partial charge in [0.25, 0.3) is 0 Å². The predicted molar refractivity (Wildman–Crippen MR) is 120 cm³/mol. The first-order valence-electron chi connectivity index (χ1n) is 11.3. The van der Waals surface area contributed by atoms with E-state index < -0.39 is 0 Å². The van der Waals surface area contributed by atoms with Crippen LogP contribution in [-0.4, -0.2) is 9.97 Å². The summed E-state index contributed by atoms with van der Waals surface area (Å²) in [5, 5.41) is 7.44. The van der Waals surface area contributed by atoms with Gasteiger partial charge in [-0.05, 0) is 72.9 Å². The van der Waals surface area contributed by atoms with Crippen LogP contribution in [-0.2, 0) is 25.9 Å². The fraction of sp³-hybridized carbons (Fsp3) is 0.385. The van der Waals surface area contributed by atoms with Gasteiger partial charge in [0.05, 0.1) is 23.5 Å². The van der Waals surface area contributed by atoms with E-state index in [0.29, 0.717) is 12.1 Å². The molecule has 0 saturated heterocycles. The van der Waals surface area contributed by atoms with Gasteiger partial charge in [0.1, 0.15) is 0 Å². The van der Waals surface area contributed by atoms with Gasteiger partial charge >= 0.3 is 0 Å². The summed E-state index contributed by atoms with van der Waals surface area (Å²) in [5.74, 6) is 0. The van der Waals surface area contributed by atoms with E-state index >= 15 is 0 Å². The Labute approximate surface area is 179 Å². The van der Waals surface area contributed by atoms with E-state index in [-0.39, 0.29) is 0 Å². The molecule has 4 heteroatoms. The fourth-order valence-electron chi connectivity index (χ4n) is 4.87. The molecule has 2 atom stereocenters. The molecule has 1 aromatic carbocycles. The van der Waals surface area contributed by atoms with Crippen LogP contribution in [0.15, 0.2) is 60.9 Å². The number of aromatic nitrogens is 2. The lowest BCUT2D eigenvalue weighted by atomic mass is 9.91. The Morgan fingerprint density at radius 2 is 1.13 bits per heavy atom. The van der Waals surface area contributed by atoms with Gasteiger partial charge in [-0.3, -0.25) is 9.97 Å². The molecule has 0 bridgehead atoms. The van der Waals surface area contributed by atoms with Crippen LogP contribution in [0.1, 0.15) is 71.4 Å². The van der Waals surface area contributed by atoms with Gasteiger partial charge in [-0.1, -0.05) is 36.4 Å². The molecular weight excluding hydrogens is 368 g/mol. The minimum absolute atomic E-state index is 0.371. The number of nitrogens with zero attached hydrogens (tertiary/aromatic N) is 2. The van der Waals surface area contributed by atoms with Crippen LogP contribution in [0.2, 0.25) is 0 Å². The molecule has 2 aromatic heterocycles. The second kappa shape index (κ2) is 9.07. The van der Waals surface area contributed by atoms with E-state index in [1.807, 2.05) is 12.4 Å². The average Bonchev–Trinajstić information content (AvgIpc) is 2.82. The molecule has 154 valence electrons. The van der Waals surface area contributed by atoms with Crippen LogP contribution in [0.5, 0.6) is 0 Å². The molecular formula is C26H30N4. The highest BCUT2D eigenvalue weighted by atomic mass is 14.9. The topological polar surface area (TPSA) is 49.8 Å². The Bertz CT molecular complexity index is 902. The predicted octanol–water partition coefficient (Wildman–Crippen LogP) is 4.81. The second-order valence-electron chi connectivity index (χ2n) is 8.56. The van der Waals surface area contributed by atoms with E-state index in [4.69, 9.17) is 0 Å². The number of pyridine rings is 2. The molecule has 3 aromatic rings. The molecule has 2 heterocycles. The summed E-state index contributed by atoms with van der Waals surface area (Å²) in [7, 11) is 0. The first kappa shape index (κ1) is 19.4. The van der Waals surface area contributed by atoms with Crippen molar-refractivity contribution in [3.8, 4) is 0 Å². The summed E-state index contributed by atoms with van der Waals surface area (Å²) in [5.41, 5.74) is 7.94. The molecule has 0 spiro atoms. The van der Waals surface area contributed by atoms with Crippen molar-refractivity contribution in [2.75, 3.05) is 0 Å². The van der Waals surface area contributed by atoms with E-state index in [1.165, 1.54) is 59.3 Å². The largest absolute Gasteiger partial charge is 0.305 e. The number of hydrogen-bond acceptors (Lipinski definition) is 4. The summed E-state index contributed by atoms with van der Waals surface area (Å²) in [4.78, 5) is 9.27. The van der Waals surface area contributed by atoms with Crippen LogP contribution < -0.4 is 10.6 Å².